The van der Waals surface area contributed by atoms with Crippen LogP contribution in [0.4, 0.5) is 0 Å². The Morgan fingerprint density at radius 2 is 1.87 bits per heavy atom. The minimum atomic E-state index is 0.670. The zero-order chi connectivity index (χ0) is 11.4. The first-order valence-corrected chi connectivity index (χ1v) is 6.62. The molecule has 15 heavy (non-hydrogen) atoms. The lowest BCUT2D eigenvalue weighted by Crippen LogP contribution is -1.98. The van der Waals surface area contributed by atoms with E-state index in [1.54, 1.807) is 0 Å². The van der Waals surface area contributed by atoms with E-state index < -0.39 is 0 Å². The second kappa shape index (κ2) is 5.69. The minimum absolute atomic E-state index is 0.670. The maximum Gasteiger partial charge on any atom is 0.0207 e. The molecule has 1 atom stereocenters. The molecule has 0 nitrogen and oxygen atoms in total. The molecular weight excluding hydrogens is 248 g/mol. The molecule has 1 aromatic rings. The van der Waals surface area contributed by atoms with Gasteiger partial charge in [-0.2, -0.15) is 0 Å². The Morgan fingerprint density at radius 1 is 1.20 bits per heavy atom. The van der Waals surface area contributed by atoms with E-state index in [4.69, 9.17) is 0 Å². The lowest BCUT2D eigenvalue weighted by molar-refractivity contribution is 0.643. The van der Waals surface area contributed by atoms with Gasteiger partial charge in [0.05, 0.1) is 0 Å². The highest BCUT2D eigenvalue weighted by Crippen LogP contribution is 2.26. The zero-order valence-corrected chi connectivity index (χ0v) is 11.8. The van der Waals surface area contributed by atoms with Crippen molar-refractivity contribution < 1.29 is 0 Å². The van der Waals surface area contributed by atoms with E-state index in [0.717, 1.165) is 6.42 Å². The van der Waals surface area contributed by atoms with Gasteiger partial charge in [0.25, 0.3) is 0 Å². The molecule has 0 saturated carbocycles. The second-order valence-corrected chi connectivity index (χ2v) is 5.61. The minimum Gasteiger partial charge on any atom is -0.0648 e. The summed E-state index contributed by atoms with van der Waals surface area (Å²) in [5.74, 6) is 1.39. The molecule has 1 aromatic carbocycles. The molecule has 84 valence electrons. The van der Waals surface area contributed by atoms with Gasteiger partial charge in [-0.1, -0.05) is 55.8 Å². The predicted octanol–water partition coefficient (Wildman–Crippen LogP) is 5.16. The summed E-state index contributed by atoms with van der Waals surface area (Å²) in [7, 11) is 0. The quantitative estimate of drug-likeness (QED) is 0.708. The normalized spacial score (nSPS) is 13.2. The molecule has 0 spiro atoms. The van der Waals surface area contributed by atoms with Crippen molar-refractivity contribution in [2.75, 3.05) is 0 Å². The van der Waals surface area contributed by atoms with Crippen molar-refractivity contribution in [1.29, 1.82) is 0 Å². The third-order valence-corrected chi connectivity index (χ3v) is 3.65. The molecule has 1 rings (SSSR count). The Bertz CT molecular complexity index is 315. The summed E-state index contributed by atoms with van der Waals surface area (Å²) in [6, 6.07) is 6.79. The van der Waals surface area contributed by atoms with Crippen LogP contribution >= 0.6 is 15.9 Å². The van der Waals surface area contributed by atoms with Crippen molar-refractivity contribution in [2.45, 2.75) is 46.5 Å². The fourth-order valence-corrected chi connectivity index (χ4v) is 2.14. The van der Waals surface area contributed by atoms with Crippen molar-refractivity contribution >= 4 is 15.9 Å². The topological polar surface area (TPSA) is 0 Å². The van der Waals surface area contributed by atoms with Crippen LogP contribution < -0.4 is 0 Å². The van der Waals surface area contributed by atoms with Gasteiger partial charge in [-0.25, -0.2) is 0 Å². The van der Waals surface area contributed by atoms with E-state index in [1.807, 2.05) is 0 Å². The average molecular weight is 269 g/mol. The first kappa shape index (κ1) is 12.8. The molecule has 1 unspecified atom stereocenters. The smallest absolute Gasteiger partial charge is 0.0207 e. The van der Waals surface area contributed by atoms with Gasteiger partial charge in [0.1, 0.15) is 0 Å². The van der Waals surface area contributed by atoms with Crippen LogP contribution in [0.5, 0.6) is 0 Å². The van der Waals surface area contributed by atoms with Crippen molar-refractivity contribution in [3.63, 3.8) is 0 Å². The molecule has 0 aliphatic rings. The average Bonchev–Trinajstić information content (AvgIpc) is 2.19. The summed E-state index contributed by atoms with van der Waals surface area (Å²) >= 11 is 3.63. The third kappa shape index (κ3) is 3.64. The molecule has 0 amide bonds. The number of hydrogen-bond acceptors (Lipinski definition) is 0. The molecule has 0 aliphatic carbocycles. The fourth-order valence-electron chi connectivity index (χ4n) is 1.73. The van der Waals surface area contributed by atoms with Gasteiger partial charge in [0.2, 0.25) is 0 Å². The summed E-state index contributed by atoms with van der Waals surface area (Å²) in [4.78, 5) is 0. The maximum atomic E-state index is 3.63. The molecule has 0 heterocycles. The summed E-state index contributed by atoms with van der Waals surface area (Å²) in [6.45, 7) is 9.07. The largest absolute Gasteiger partial charge is 0.0648 e. The summed E-state index contributed by atoms with van der Waals surface area (Å²) in [5.41, 5.74) is 2.92. The summed E-state index contributed by atoms with van der Waals surface area (Å²) in [6.07, 6.45) is 2.37. The van der Waals surface area contributed by atoms with Gasteiger partial charge in [0, 0.05) is 4.47 Å². The zero-order valence-electron chi connectivity index (χ0n) is 10.2. The molecule has 0 N–H and O–H groups in total. The maximum absolute atomic E-state index is 3.63. The van der Waals surface area contributed by atoms with Crippen LogP contribution in [0.25, 0.3) is 0 Å². The third-order valence-electron chi connectivity index (χ3n) is 2.88. The van der Waals surface area contributed by atoms with E-state index in [2.05, 4.69) is 61.8 Å². The van der Waals surface area contributed by atoms with Crippen molar-refractivity contribution in [2.24, 2.45) is 5.92 Å². The lowest BCUT2D eigenvalue weighted by atomic mass is 9.94. The highest BCUT2D eigenvalue weighted by Gasteiger charge is 2.07. The van der Waals surface area contributed by atoms with Crippen LogP contribution in [0.15, 0.2) is 22.7 Å². The molecular formula is C14H21Br. The van der Waals surface area contributed by atoms with E-state index in [9.17, 15) is 0 Å². The molecule has 0 bridgehead atoms. The van der Waals surface area contributed by atoms with Gasteiger partial charge in [-0.05, 0) is 41.9 Å². The van der Waals surface area contributed by atoms with Crippen LogP contribution in [0.3, 0.4) is 0 Å². The summed E-state index contributed by atoms with van der Waals surface area (Å²) < 4.78 is 1.25. The van der Waals surface area contributed by atoms with E-state index >= 15 is 0 Å². The number of rotatable bonds is 4. The highest BCUT2D eigenvalue weighted by molar-refractivity contribution is 9.10. The van der Waals surface area contributed by atoms with Crippen molar-refractivity contribution in [3.8, 4) is 0 Å². The first-order valence-electron chi connectivity index (χ1n) is 5.82. The van der Waals surface area contributed by atoms with Gasteiger partial charge >= 0.3 is 0 Å². The van der Waals surface area contributed by atoms with E-state index in [-0.39, 0.29) is 0 Å². The van der Waals surface area contributed by atoms with Crippen molar-refractivity contribution in [1.82, 2.24) is 0 Å². The molecule has 0 aliphatic heterocycles. The van der Waals surface area contributed by atoms with Crippen LogP contribution in [-0.2, 0) is 6.42 Å². The Balaban J connectivity index is 2.94. The molecule has 1 heteroatoms. The Labute approximate surface area is 102 Å². The molecule has 0 fully saturated rings. The SMILES string of the molecule is CCC(C)c1ccc(Br)c(CC(C)C)c1. The summed E-state index contributed by atoms with van der Waals surface area (Å²) in [5, 5.41) is 0. The number of hydrogen-bond donors (Lipinski definition) is 0. The lowest BCUT2D eigenvalue weighted by Gasteiger charge is -2.13. The molecule has 0 saturated heterocycles. The van der Waals surface area contributed by atoms with Gasteiger partial charge in [0.15, 0.2) is 0 Å². The Hall–Kier alpha value is -0.300. The van der Waals surface area contributed by atoms with Crippen LogP contribution in [0, 0.1) is 5.92 Å². The Kier molecular flexibility index (Phi) is 4.85. The van der Waals surface area contributed by atoms with E-state index in [0.29, 0.717) is 11.8 Å². The van der Waals surface area contributed by atoms with Gasteiger partial charge in [-0.15, -0.1) is 0 Å². The van der Waals surface area contributed by atoms with Crippen molar-refractivity contribution in [3.05, 3.63) is 33.8 Å². The first-order chi connectivity index (χ1) is 7.04. The van der Waals surface area contributed by atoms with Crippen LogP contribution in [-0.4, -0.2) is 0 Å². The van der Waals surface area contributed by atoms with Crippen LogP contribution in [0.1, 0.15) is 51.2 Å². The van der Waals surface area contributed by atoms with E-state index in [1.165, 1.54) is 22.0 Å². The highest BCUT2D eigenvalue weighted by atomic mass is 79.9. The Morgan fingerprint density at radius 3 is 2.40 bits per heavy atom. The van der Waals surface area contributed by atoms with Crippen LogP contribution in [0.2, 0.25) is 0 Å². The fraction of sp³-hybridized carbons (Fsp3) is 0.571. The number of halogens is 1. The number of benzene rings is 1. The standard InChI is InChI=1S/C14H21Br/c1-5-11(4)12-6-7-14(15)13(9-12)8-10(2)3/h6-7,9-11H,5,8H2,1-4H3. The van der Waals surface area contributed by atoms with Gasteiger partial charge < -0.3 is 0 Å². The molecule has 0 radical (unpaired) electrons. The monoisotopic (exact) mass is 268 g/mol. The second-order valence-electron chi connectivity index (χ2n) is 4.76. The predicted molar refractivity (Wildman–Crippen MR) is 71.4 cm³/mol. The van der Waals surface area contributed by atoms with Gasteiger partial charge in [-0.3, -0.25) is 0 Å². The molecule has 0 aromatic heterocycles.